The molecule has 0 aliphatic rings. The molecule has 0 aliphatic carbocycles. The van der Waals surface area contributed by atoms with Crippen LogP contribution in [0.15, 0.2) is 42.5 Å². The molecule has 144 valence electrons. The molecule has 2 aromatic carbocycles. The molecule has 0 aromatic heterocycles. The highest BCUT2D eigenvalue weighted by Gasteiger charge is 2.18. The predicted molar refractivity (Wildman–Crippen MR) is 105 cm³/mol. The number of carbonyl (C=O) groups is 2. The lowest BCUT2D eigenvalue weighted by Gasteiger charge is -2.24. The van der Waals surface area contributed by atoms with Crippen LogP contribution in [0.3, 0.4) is 0 Å². The van der Waals surface area contributed by atoms with Crippen molar-refractivity contribution in [3.05, 3.63) is 53.3 Å². The van der Waals surface area contributed by atoms with E-state index < -0.39 is 5.82 Å². The zero-order valence-corrected chi connectivity index (χ0v) is 16.2. The second-order valence-corrected chi connectivity index (χ2v) is 6.64. The Morgan fingerprint density at radius 3 is 2.56 bits per heavy atom. The highest BCUT2D eigenvalue weighted by atomic mass is 35.5. The van der Waals surface area contributed by atoms with Crippen molar-refractivity contribution in [2.24, 2.45) is 0 Å². The van der Waals surface area contributed by atoms with E-state index in [0.717, 1.165) is 0 Å². The minimum absolute atomic E-state index is 0.0496. The number of rotatable bonds is 7. The number of nitrogens with one attached hydrogen (secondary N) is 1. The van der Waals surface area contributed by atoms with Crippen LogP contribution in [0, 0.1) is 5.82 Å². The highest BCUT2D eigenvalue weighted by molar-refractivity contribution is 6.31. The topological polar surface area (TPSA) is 58.6 Å². The van der Waals surface area contributed by atoms with Gasteiger partial charge in [-0.15, -0.1) is 0 Å². The van der Waals surface area contributed by atoms with Crippen LogP contribution in [0.5, 0.6) is 5.75 Å². The molecule has 0 bridgehead atoms. The SMILES string of the molecule is CC(=O)N(CCC(=O)Nc1ccc(F)c(Cl)c1)c1ccccc1OC(C)C. The first-order valence-electron chi connectivity index (χ1n) is 8.56. The molecular weight excluding hydrogens is 371 g/mol. The molecule has 0 saturated heterocycles. The quantitative estimate of drug-likeness (QED) is 0.746. The van der Waals surface area contributed by atoms with Crippen LogP contribution in [0.4, 0.5) is 15.8 Å². The number of carbonyl (C=O) groups excluding carboxylic acids is 2. The molecule has 0 unspecified atom stereocenters. The number of halogens is 2. The van der Waals surface area contributed by atoms with E-state index >= 15 is 0 Å². The zero-order chi connectivity index (χ0) is 20.0. The summed E-state index contributed by atoms with van der Waals surface area (Å²) in [5, 5.41) is 2.57. The molecule has 0 saturated carbocycles. The molecule has 0 fully saturated rings. The lowest BCUT2D eigenvalue weighted by atomic mass is 10.2. The summed E-state index contributed by atoms with van der Waals surface area (Å²) in [5.74, 6) is -0.494. The maximum absolute atomic E-state index is 13.2. The molecule has 2 aromatic rings. The maximum Gasteiger partial charge on any atom is 0.226 e. The van der Waals surface area contributed by atoms with Gasteiger partial charge in [0.05, 0.1) is 16.8 Å². The van der Waals surface area contributed by atoms with E-state index in [1.165, 1.54) is 30.0 Å². The first-order valence-corrected chi connectivity index (χ1v) is 8.94. The van der Waals surface area contributed by atoms with Crippen molar-refractivity contribution in [1.82, 2.24) is 0 Å². The minimum Gasteiger partial charge on any atom is -0.489 e. The van der Waals surface area contributed by atoms with Gasteiger partial charge in [-0.05, 0) is 44.2 Å². The minimum atomic E-state index is -0.556. The lowest BCUT2D eigenvalue weighted by molar-refractivity contribution is -0.117. The number of amides is 2. The third-order valence-corrected chi connectivity index (χ3v) is 3.95. The monoisotopic (exact) mass is 392 g/mol. The normalized spacial score (nSPS) is 10.6. The first kappa shape index (κ1) is 20.7. The maximum atomic E-state index is 13.2. The van der Waals surface area contributed by atoms with Crippen LogP contribution in [-0.4, -0.2) is 24.5 Å². The number of benzene rings is 2. The van der Waals surface area contributed by atoms with Gasteiger partial charge >= 0.3 is 0 Å². The van der Waals surface area contributed by atoms with E-state index in [4.69, 9.17) is 16.3 Å². The van der Waals surface area contributed by atoms with Crippen LogP contribution in [0.1, 0.15) is 27.2 Å². The van der Waals surface area contributed by atoms with E-state index in [1.54, 1.807) is 18.2 Å². The van der Waals surface area contributed by atoms with Crippen LogP contribution in [0.25, 0.3) is 0 Å². The van der Waals surface area contributed by atoms with Gasteiger partial charge in [-0.1, -0.05) is 23.7 Å². The van der Waals surface area contributed by atoms with E-state index in [9.17, 15) is 14.0 Å². The molecule has 0 atom stereocenters. The molecule has 0 aliphatic heterocycles. The van der Waals surface area contributed by atoms with Crippen molar-refractivity contribution < 1.29 is 18.7 Å². The Balaban J connectivity index is 2.07. The highest BCUT2D eigenvalue weighted by Crippen LogP contribution is 2.29. The summed E-state index contributed by atoms with van der Waals surface area (Å²) in [6.45, 7) is 5.41. The van der Waals surface area contributed by atoms with E-state index in [1.807, 2.05) is 19.9 Å². The third-order valence-electron chi connectivity index (χ3n) is 3.66. The van der Waals surface area contributed by atoms with Gasteiger partial charge < -0.3 is 15.0 Å². The number of para-hydroxylation sites is 2. The summed E-state index contributed by atoms with van der Waals surface area (Å²) in [6, 6.07) is 11.1. The zero-order valence-electron chi connectivity index (χ0n) is 15.5. The van der Waals surface area contributed by atoms with Crippen molar-refractivity contribution >= 4 is 34.8 Å². The Kier molecular flexibility index (Phi) is 7.19. The number of anilines is 2. The van der Waals surface area contributed by atoms with Crippen molar-refractivity contribution in [1.29, 1.82) is 0 Å². The fourth-order valence-electron chi connectivity index (χ4n) is 2.49. The molecule has 0 radical (unpaired) electrons. The van der Waals surface area contributed by atoms with E-state index in [2.05, 4.69) is 5.32 Å². The fraction of sp³-hybridized carbons (Fsp3) is 0.300. The number of hydrogen-bond donors (Lipinski definition) is 1. The Hall–Kier alpha value is -2.60. The number of hydrogen-bond acceptors (Lipinski definition) is 3. The molecule has 2 rings (SSSR count). The van der Waals surface area contributed by atoms with Gasteiger partial charge in [0, 0.05) is 25.6 Å². The molecule has 5 nitrogen and oxygen atoms in total. The van der Waals surface area contributed by atoms with Crippen molar-refractivity contribution in [2.75, 3.05) is 16.8 Å². The summed E-state index contributed by atoms with van der Waals surface area (Å²) in [5.41, 5.74) is 1.00. The van der Waals surface area contributed by atoms with Gasteiger partial charge in [0.1, 0.15) is 11.6 Å². The van der Waals surface area contributed by atoms with Gasteiger partial charge in [0.25, 0.3) is 0 Å². The van der Waals surface area contributed by atoms with Gasteiger partial charge in [-0.25, -0.2) is 4.39 Å². The average molecular weight is 393 g/mol. The Morgan fingerprint density at radius 2 is 1.93 bits per heavy atom. The Bertz CT molecular complexity index is 827. The van der Waals surface area contributed by atoms with Gasteiger partial charge in [-0.2, -0.15) is 0 Å². The summed E-state index contributed by atoms with van der Waals surface area (Å²) in [7, 11) is 0. The predicted octanol–water partition coefficient (Wildman–Crippen LogP) is 4.65. The first-order chi connectivity index (χ1) is 12.8. The molecule has 2 amide bonds. The fourth-order valence-corrected chi connectivity index (χ4v) is 2.67. The van der Waals surface area contributed by atoms with Crippen LogP contribution in [0.2, 0.25) is 5.02 Å². The second kappa shape index (κ2) is 9.37. The van der Waals surface area contributed by atoms with Gasteiger partial charge in [-0.3, -0.25) is 9.59 Å². The standard InChI is InChI=1S/C20H22ClFN2O3/c1-13(2)27-19-7-5-4-6-18(19)24(14(3)25)11-10-20(26)23-15-8-9-17(22)16(21)12-15/h4-9,12-13H,10-11H2,1-3H3,(H,23,26). The van der Waals surface area contributed by atoms with Crippen LogP contribution >= 0.6 is 11.6 Å². The van der Waals surface area contributed by atoms with Crippen molar-refractivity contribution in [3.63, 3.8) is 0 Å². The van der Waals surface area contributed by atoms with Crippen molar-refractivity contribution in [3.8, 4) is 5.75 Å². The molecule has 7 heteroatoms. The summed E-state index contributed by atoms with van der Waals surface area (Å²) in [6.07, 6.45) is 0.0106. The van der Waals surface area contributed by atoms with Crippen molar-refractivity contribution in [2.45, 2.75) is 33.3 Å². The van der Waals surface area contributed by atoms with Crippen LogP contribution < -0.4 is 15.0 Å². The summed E-state index contributed by atoms with van der Waals surface area (Å²) in [4.78, 5) is 25.8. The Morgan fingerprint density at radius 1 is 1.22 bits per heavy atom. The lowest BCUT2D eigenvalue weighted by Crippen LogP contribution is -2.32. The summed E-state index contributed by atoms with van der Waals surface area (Å²) >= 11 is 5.71. The smallest absolute Gasteiger partial charge is 0.226 e. The van der Waals surface area contributed by atoms with Crippen LogP contribution in [-0.2, 0) is 9.59 Å². The molecule has 0 heterocycles. The second-order valence-electron chi connectivity index (χ2n) is 6.23. The van der Waals surface area contributed by atoms with E-state index in [-0.39, 0.29) is 35.9 Å². The molecular formula is C20H22ClFN2O3. The summed E-state index contributed by atoms with van der Waals surface area (Å²) < 4.78 is 19.0. The molecule has 1 N–H and O–H groups in total. The van der Waals surface area contributed by atoms with Gasteiger partial charge in [0.15, 0.2) is 0 Å². The average Bonchev–Trinajstić information content (AvgIpc) is 2.59. The Labute approximate surface area is 163 Å². The third kappa shape index (κ3) is 5.96. The number of nitrogens with zero attached hydrogens (tertiary/aromatic N) is 1. The van der Waals surface area contributed by atoms with Gasteiger partial charge in [0.2, 0.25) is 11.8 Å². The number of ether oxygens (including phenoxy) is 1. The molecule has 27 heavy (non-hydrogen) atoms. The van der Waals surface area contributed by atoms with E-state index in [0.29, 0.717) is 17.1 Å². The largest absolute Gasteiger partial charge is 0.489 e. The molecule has 0 spiro atoms.